The highest BCUT2D eigenvalue weighted by atomic mass is 32.1. The van der Waals surface area contributed by atoms with Gasteiger partial charge in [-0.2, -0.15) is 11.3 Å². The van der Waals surface area contributed by atoms with E-state index < -0.39 is 0 Å². The van der Waals surface area contributed by atoms with Crippen molar-refractivity contribution in [2.45, 2.75) is 33.0 Å². The lowest BCUT2D eigenvalue weighted by molar-refractivity contribution is 0.449. The Hall–Kier alpha value is -1.40. The molecule has 1 N–H and O–H groups in total. The highest BCUT2D eigenvalue weighted by molar-refractivity contribution is 7.07. The Morgan fingerprint density at radius 1 is 1.44 bits per heavy atom. The highest BCUT2D eigenvalue weighted by Crippen LogP contribution is 2.15. The van der Waals surface area contributed by atoms with Crippen LogP contribution in [0.25, 0.3) is 0 Å². The summed E-state index contributed by atoms with van der Waals surface area (Å²) in [5.74, 6) is 0.621. The lowest BCUT2D eigenvalue weighted by Gasteiger charge is -2.12. The Balaban J connectivity index is 1.92. The van der Waals surface area contributed by atoms with E-state index in [0.717, 1.165) is 6.54 Å². The van der Waals surface area contributed by atoms with Crippen molar-refractivity contribution in [1.82, 2.24) is 15.5 Å². The Labute approximate surface area is 111 Å². The zero-order valence-electron chi connectivity index (χ0n) is 10.9. The van der Waals surface area contributed by atoms with Crippen LogP contribution in [0.15, 0.2) is 21.2 Å². The van der Waals surface area contributed by atoms with Crippen LogP contribution in [0.1, 0.15) is 25.3 Å². The summed E-state index contributed by atoms with van der Waals surface area (Å²) in [4.78, 5) is 1.95. The van der Waals surface area contributed by atoms with E-state index in [1.807, 2.05) is 11.9 Å². The number of hydrogen-bond acceptors (Lipinski definition) is 6. The Morgan fingerprint density at radius 2 is 2.28 bits per heavy atom. The van der Waals surface area contributed by atoms with Crippen LogP contribution in [0.4, 0.5) is 6.01 Å². The molecule has 2 aromatic rings. The van der Waals surface area contributed by atoms with Crippen LogP contribution in [-0.2, 0) is 13.1 Å². The molecule has 18 heavy (non-hydrogen) atoms. The van der Waals surface area contributed by atoms with Crippen molar-refractivity contribution in [2.75, 3.05) is 11.9 Å². The first kappa shape index (κ1) is 13.0. The van der Waals surface area contributed by atoms with Gasteiger partial charge in [0.05, 0.1) is 6.54 Å². The smallest absolute Gasteiger partial charge is 0.318 e. The fourth-order valence-corrected chi connectivity index (χ4v) is 2.15. The van der Waals surface area contributed by atoms with E-state index in [-0.39, 0.29) is 0 Å². The average Bonchev–Trinajstić information content (AvgIpc) is 2.96. The van der Waals surface area contributed by atoms with Crippen molar-refractivity contribution < 1.29 is 4.42 Å². The van der Waals surface area contributed by atoms with Crippen molar-refractivity contribution in [3.8, 4) is 0 Å². The molecule has 0 aliphatic carbocycles. The largest absolute Gasteiger partial charge is 0.407 e. The van der Waals surface area contributed by atoms with Crippen LogP contribution in [0, 0.1) is 0 Å². The summed E-state index contributed by atoms with van der Waals surface area (Å²) < 4.78 is 5.59. The standard InChI is InChI=1S/C12H18N4OS/c1-9(2)13-6-11-14-15-12(17-11)16(3)7-10-4-5-18-8-10/h4-5,8-9,13H,6-7H2,1-3H3. The zero-order chi connectivity index (χ0) is 13.0. The molecule has 0 saturated heterocycles. The van der Waals surface area contributed by atoms with E-state index in [4.69, 9.17) is 4.42 Å². The van der Waals surface area contributed by atoms with Gasteiger partial charge in [-0.05, 0) is 22.4 Å². The normalized spacial score (nSPS) is 11.1. The molecule has 0 aliphatic rings. The molecule has 0 aliphatic heterocycles. The molecule has 0 spiro atoms. The van der Waals surface area contributed by atoms with E-state index in [2.05, 4.69) is 46.2 Å². The number of aromatic nitrogens is 2. The van der Waals surface area contributed by atoms with E-state index >= 15 is 0 Å². The van der Waals surface area contributed by atoms with Crippen LogP contribution >= 0.6 is 11.3 Å². The van der Waals surface area contributed by atoms with Gasteiger partial charge >= 0.3 is 6.01 Å². The summed E-state index contributed by atoms with van der Waals surface area (Å²) in [6.45, 7) is 5.56. The predicted molar refractivity (Wildman–Crippen MR) is 72.7 cm³/mol. The molecule has 6 heteroatoms. The van der Waals surface area contributed by atoms with Crippen LogP contribution in [0.2, 0.25) is 0 Å². The topological polar surface area (TPSA) is 54.2 Å². The lowest BCUT2D eigenvalue weighted by atomic mass is 10.3. The molecular formula is C12H18N4OS. The summed E-state index contributed by atoms with van der Waals surface area (Å²) in [5.41, 5.74) is 1.25. The lowest BCUT2D eigenvalue weighted by Crippen LogP contribution is -2.22. The molecule has 0 fully saturated rings. The third-order valence-electron chi connectivity index (χ3n) is 2.44. The molecule has 0 saturated carbocycles. The summed E-state index contributed by atoms with van der Waals surface area (Å²) in [6, 6.07) is 3.06. The Kier molecular flexibility index (Phi) is 4.33. The number of anilines is 1. The van der Waals surface area contributed by atoms with Gasteiger partial charge in [0.25, 0.3) is 0 Å². The number of hydrogen-bond donors (Lipinski definition) is 1. The van der Waals surface area contributed by atoms with Crippen LogP contribution < -0.4 is 10.2 Å². The minimum absolute atomic E-state index is 0.406. The van der Waals surface area contributed by atoms with Gasteiger partial charge in [-0.1, -0.05) is 18.9 Å². The maximum Gasteiger partial charge on any atom is 0.318 e. The van der Waals surface area contributed by atoms with Crippen molar-refractivity contribution in [2.24, 2.45) is 0 Å². The van der Waals surface area contributed by atoms with Crippen molar-refractivity contribution in [3.05, 3.63) is 28.3 Å². The van der Waals surface area contributed by atoms with Gasteiger partial charge in [0.15, 0.2) is 0 Å². The minimum atomic E-state index is 0.406. The van der Waals surface area contributed by atoms with E-state index in [0.29, 0.717) is 24.5 Å². The summed E-state index contributed by atoms with van der Waals surface area (Å²) in [7, 11) is 1.95. The van der Waals surface area contributed by atoms with Gasteiger partial charge in [-0.3, -0.25) is 0 Å². The number of rotatable bonds is 6. The quantitative estimate of drug-likeness (QED) is 0.869. The fourth-order valence-electron chi connectivity index (χ4n) is 1.49. The van der Waals surface area contributed by atoms with E-state index in [1.165, 1.54) is 5.56 Å². The molecule has 5 nitrogen and oxygen atoms in total. The SMILES string of the molecule is CC(C)NCc1nnc(N(C)Cc2ccsc2)o1. The molecule has 0 radical (unpaired) electrons. The van der Waals surface area contributed by atoms with E-state index in [9.17, 15) is 0 Å². The number of thiophene rings is 1. The molecule has 0 atom stereocenters. The molecule has 0 aromatic carbocycles. The maximum atomic E-state index is 5.59. The van der Waals surface area contributed by atoms with Gasteiger partial charge < -0.3 is 14.6 Å². The maximum absolute atomic E-state index is 5.59. The number of nitrogens with one attached hydrogen (secondary N) is 1. The highest BCUT2D eigenvalue weighted by Gasteiger charge is 2.11. The third kappa shape index (κ3) is 3.54. The molecule has 0 amide bonds. The van der Waals surface area contributed by atoms with Crippen molar-refractivity contribution >= 4 is 17.4 Å². The third-order valence-corrected chi connectivity index (χ3v) is 3.18. The first-order valence-corrected chi connectivity index (χ1v) is 6.87. The summed E-state index contributed by atoms with van der Waals surface area (Å²) in [5, 5.41) is 15.5. The van der Waals surface area contributed by atoms with Gasteiger partial charge in [0.2, 0.25) is 5.89 Å². The molecule has 0 bridgehead atoms. The molecule has 0 unspecified atom stereocenters. The van der Waals surface area contributed by atoms with Crippen LogP contribution in [-0.4, -0.2) is 23.3 Å². The average molecular weight is 266 g/mol. The molecule has 98 valence electrons. The van der Waals surface area contributed by atoms with E-state index in [1.54, 1.807) is 11.3 Å². The monoisotopic (exact) mass is 266 g/mol. The van der Waals surface area contributed by atoms with Crippen molar-refractivity contribution in [1.29, 1.82) is 0 Å². The number of nitrogens with zero attached hydrogens (tertiary/aromatic N) is 3. The first-order valence-electron chi connectivity index (χ1n) is 5.93. The second kappa shape index (κ2) is 5.97. The Morgan fingerprint density at radius 3 is 2.94 bits per heavy atom. The molecular weight excluding hydrogens is 248 g/mol. The van der Waals surface area contributed by atoms with Crippen LogP contribution in [0.5, 0.6) is 0 Å². The van der Waals surface area contributed by atoms with Gasteiger partial charge in [0, 0.05) is 19.6 Å². The fraction of sp³-hybridized carbons (Fsp3) is 0.500. The Bertz CT molecular complexity index is 466. The molecule has 2 aromatic heterocycles. The summed E-state index contributed by atoms with van der Waals surface area (Å²) in [6.07, 6.45) is 0. The second-order valence-electron chi connectivity index (χ2n) is 4.50. The minimum Gasteiger partial charge on any atom is -0.407 e. The second-order valence-corrected chi connectivity index (χ2v) is 5.28. The first-order chi connectivity index (χ1) is 8.65. The predicted octanol–water partition coefficient (Wildman–Crippen LogP) is 2.27. The molecule has 2 rings (SSSR count). The zero-order valence-corrected chi connectivity index (χ0v) is 11.7. The molecule has 2 heterocycles. The van der Waals surface area contributed by atoms with Gasteiger partial charge in [0.1, 0.15) is 0 Å². The summed E-state index contributed by atoms with van der Waals surface area (Å²) >= 11 is 1.69. The van der Waals surface area contributed by atoms with Crippen molar-refractivity contribution in [3.63, 3.8) is 0 Å². The van der Waals surface area contributed by atoms with Gasteiger partial charge in [-0.25, -0.2) is 0 Å². The van der Waals surface area contributed by atoms with Gasteiger partial charge in [-0.15, -0.1) is 5.10 Å². The van der Waals surface area contributed by atoms with Crippen LogP contribution in [0.3, 0.4) is 0 Å².